The Morgan fingerprint density at radius 2 is 2.12 bits per heavy atom. The quantitative estimate of drug-likeness (QED) is 0.778. The highest BCUT2D eigenvalue weighted by Gasteiger charge is 2.07. The molecule has 0 spiro atoms. The highest BCUT2D eigenvalue weighted by Crippen LogP contribution is 2.12. The first-order valence-electron chi connectivity index (χ1n) is 5.86. The largest absolute Gasteiger partial charge is 0.367 e. The molecule has 4 heteroatoms. The lowest BCUT2D eigenvalue weighted by molar-refractivity contribution is 0.670. The zero-order chi connectivity index (χ0) is 12.0. The summed E-state index contributed by atoms with van der Waals surface area (Å²) < 4.78 is 0. The van der Waals surface area contributed by atoms with Crippen LogP contribution in [-0.2, 0) is 6.42 Å². The van der Waals surface area contributed by atoms with Gasteiger partial charge in [-0.3, -0.25) is 0 Å². The Bertz CT molecular complexity index is 328. The van der Waals surface area contributed by atoms with Crippen LogP contribution in [0.4, 0.5) is 5.82 Å². The minimum atomic E-state index is 0.400. The van der Waals surface area contributed by atoms with Gasteiger partial charge in [0.2, 0.25) is 0 Å². The molecule has 0 amide bonds. The lowest BCUT2D eigenvalue weighted by atomic mass is 10.1. The molecule has 1 heterocycles. The fourth-order valence-electron chi connectivity index (χ4n) is 1.60. The lowest BCUT2D eigenvalue weighted by Gasteiger charge is -2.16. The van der Waals surface area contributed by atoms with E-state index in [-0.39, 0.29) is 0 Å². The molecule has 0 radical (unpaired) electrons. The highest BCUT2D eigenvalue weighted by atomic mass is 35.5. The number of nitrogens with zero attached hydrogens (tertiary/aromatic N) is 2. The van der Waals surface area contributed by atoms with Crippen molar-refractivity contribution >= 4 is 17.4 Å². The molecule has 0 aromatic carbocycles. The maximum absolute atomic E-state index is 5.76. The minimum absolute atomic E-state index is 0.400. The van der Waals surface area contributed by atoms with Crippen molar-refractivity contribution in [1.29, 1.82) is 0 Å². The second-order valence-electron chi connectivity index (χ2n) is 3.87. The van der Waals surface area contributed by atoms with Gasteiger partial charge in [-0.15, -0.1) is 11.6 Å². The van der Waals surface area contributed by atoms with E-state index >= 15 is 0 Å². The monoisotopic (exact) mass is 241 g/mol. The van der Waals surface area contributed by atoms with Crippen LogP contribution in [0.25, 0.3) is 0 Å². The van der Waals surface area contributed by atoms with Gasteiger partial charge in [0.25, 0.3) is 0 Å². The summed E-state index contributed by atoms with van der Waals surface area (Å²) in [7, 11) is 0. The Labute approximate surface area is 103 Å². The van der Waals surface area contributed by atoms with E-state index in [1.165, 1.54) is 0 Å². The Morgan fingerprint density at radius 3 is 2.69 bits per heavy atom. The zero-order valence-corrected chi connectivity index (χ0v) is 11.0. The average Bonchev–Trinajstić information content (AvgIpc) is 2.27. The summed E-state index contributed by atoms with van der Waals surface area (Å²) in [6.07, 6.45) is 2.95. The van der Waals surface area contributed by atoms with Gasteiger partial charge in [-0.05, 0) is 26.2 Å². The SMILES string of the molecule is CCc1cc(NC(CC)CCCl)nc(C)n1. The Balaban J connectivity index is 2.74. The summed E-state index contributed by atoms with van der Waals surface area (Å²) in [5.41, 5.74) is 1.08. The molecule has 1 N–H and O–H groups in total. The maximum Gasteiger partial charge on any atom is 0.130 e. The van der Waals surface area contributed by atoms with Crippen molar-refractivity contribution in [1.82, 2.24) is 9.97 Å². The summed E-state index contributed by atoms with van der Waals surface area (Å²) >= 11 is 5.76. The smallest absolute Gasteiger partial charge is 0.130 e. The van der Waals surface area contributed by atoms with Crippen molar-refractivity contribution in [3.05, 3.63) is 17.6 Å². The molecule has 1 aromatic heterocycles. The van der Waals surface area contributed by atoms with Gasteiger partial charge in [-0.2, -0.15) is 0 Å². The number of anilines is 1. The first-order chi connectivity index (χ1) is 7.69. The normalized spacial score (nSPS) is 12.5. The molecular formula is C12H20ClN3. The number of rotatable bonds is 6. The molecule has 0 fully saturated rings. The number of aryl methyl sites for hydroxylation is 2. The third kappa shape index (κ3) is 3.97. The maximum atomic E-state index is 5.76. The van der Waals surface area contributed by atoms with Gasteiger partial charge in [-0.1, -0.05) is 13.8 Å². The molecule has 3 nitrogen and oxygen atoms in total. The van der Waals surface area contributed by atoms with Crippen molar-refractivity contribution < 1.29 is 0 Å². The summed E-state index contributed by atoms with van der Waals surface area (Å²) in [6, 6.07) is 2.42. The number of hydrogen-bond donors (Lipinski definition) is 1. The van der Waals surface area contributed by atoms with Gasteiger partial charge >= 0.3 is 0 Å². The standard InChI is InChI=1S/C12H20ClN3/c1-4-10(6-7-13)16-12-8-11(5-2)14-9(3)15-12/h8,10H,4-7H2,1-3H3,(H,14,15,16). The van der Waals surface area contributed by atoms with Gasteiger partial charge < -0.3 is 5.32 Å². The van der Waals surface area contributed by atoms with E-state index in [9.17, 15) is 0 Å². The number of alkyl halides is 1. The van der Waals surface area contributed by atoms with E-state index in [1.807, 2.05) is 13.0 Å². The first kappa shape index (κ1) is 13.2. The molecule has 0 aliphatic rings. The van der Waals surface area contributed by atoms with Gasteiger partial charge in [-0.25, -0.2) is 9.97 Å². The topological polar surface area (TPSA) is 37.8 Å². The fourth-order valence-corrected chi connectivity index (χ4v) is 1.87. The van der Waals surface area contributed by atoms with E-state index in [1.54, 1.807) is 0 Å². The summed E-state index contributed by atoms with van der Waals surface area (Å²) in [6.45, 7) is 6.17. The molecule has 0 aliphatic heterocycles. The van der Waals surface area contributed by atoms with Crippen molar-refractivity contribution in [2.24, 2.45) is 0 Å². The van der Waals surface area contributed by atoms with Crippen LogP contribution in [0.2, 0.25) is 0 Å². The van der Waals surface area contributed by atoms with Gasteiger partial charge in [0.05, 0.1) is 0 Å². The zero-order valence-electron chi connectivity index (χ0n) is 10.3. The van der Waals surface area contributed by atoms with Crippen LogP contribution in [0, 0.1) is 6.92 Å². The second kappa shape index (κ2) is 6.69. The molecule has 1 atom stereocenters. The van der Waals surface area contributed by atoms with Crippen LogP contribution in [-0.4, -0.2) is 21.9 Å². The van der Waals surface area contributed by atoms with Crippen LogP contribution >= 0.6 is 11.6 Å². The summed E-state index contributed by atoms with van der Waals surface area (Å²) in [5.74, 6) is 2.42. The fraction of sp³-hybridized carbons (Fsp3) is 0.667. The van der Waals surface area contributed by atoms with Crippen molar-refractivity contribution in [2.75, 3.05) is 11.2 Å². The van der Waals surface area contributed by atoms with Crippen molar-refractivity contribution in [3.63, 3.8) is 0 Å². The first-order valence-corrected chi connectivity index (χ1v) is 6.40. The summed E-state index contributed by atoms with van der Waals surface area (Å²) in [4.78, 5) is 8.74. The average molecular weight is 242 g/mol. The number of nitrogens with one attached hydrogen (secondary N) is 1. The second-order valence-corrected chi connectivity index (χ2v) is 4.25. The highest BCUT2D eigenvalue weighted by molar-refractivity contribution is 6.17. The number of aromatic nitrogens is 2. The molecule has 1 unspecified atom stereocenters. The van der Waals surface area contributed by atoms with E-state index < -0.39 is 0 Å². The predicted octanol–water partition coefficient (Wildman–Crippen LogP) is 3.17. The van der Waals surface area contributed by atoms with Crippen LogP contribution in [0.1, 0.15) is 38.2 Å². The van der Waals surface area contributed by atoms with Crippen LogP contribution in [0.5, 0.6) is 0 Å². The molecule has 1 rings (SSSR count). The van der Waals surface area contributed by atoms with E-state index in [4.69, 9.17) is 11.6 Å². The summed E-state index contributed by atoms with van der Waals surface area (Å²) in [5, 5.41) is 3.41. The van der Waals surface area contributed by atoms with Gasteiger partial charge in [0.15, 0.2) is 0 Å². The predicted molar refractivity (Wildman–Crippen MR) is 69.2 cm³/mol. The van der Waals surface area contributed by atoms with Gasteiger partial charge in [0.1, 0.15) is 11.6 Å². The van der Waals surface area contributed by atoms with Crippen molar-refractivity contribution in [3.8, 4) is 0 Å². The molecule has 0 saturated heterocycles. The molecule has 0 aliphatic carbocycles. The molecule has 1 aromatic rings. The molecule has 0 saturated carbocycles. The van der Waals surface area contributed by atoms with Crippen LogP contribution in [0.15, 0.2) is 6.07 Å². The lowest BCUT2D eigenvalue weighted by Crippen LogP contribution is -2.20. The van der Waals surface area contributed by atoms with Crippen LogP contribution < -0.4 is 5.32 Å². The van der Waals surface area contributed by atoms with E-state index in [0.717, 1.165) is 36.6 Å². The third-order valence-electron chi connectivity index (χ3n) is 2.56. The number of halogens is 1. The molecule has 90 valence electrons. The van der Waals surface area contributed by atoms with Crippen molar-refractivity contribution in [2.45, 2.75) is 46.1 Å². The number of hydrogen-bond acceptors (Lipinski definition) is 3. The molecular weight excluding hydrogens is 222 g/mol. The Morgan fingerprint density at radius 1 is 1.38 bits per heavy atom. The van der Waals surface area contributed by atoms with E-state index in [0.29, 0.717) is 11.9 Å². The Hall–Kier alpha value is -0.830. The third-order valence-corrected chi connectivity index (χ3v) is 2.77. The minimum Gasteiger partial charge on any atom is -0.367 e. The van der Waals surface area contributed by atoms with Crippen LogP contribution in [0.3, 0.4) is 0 Å². The van der Waals surface area contributed by atoms with E-state index in [2.05, 4.69) is 29.1 Å². The molecule has 16 heavy (non-hydrogen) atoms. The Kier molecular flexibility index (Phi) is 5.53. The molecule has 0 bridgehead atoms. The van der Waals surface area contributed by atoms with Gasteiger partial charge in [0, 0.05) is 23.7 Å².